The summed E-state index contributed by atoms with van der Waals surface area (Å²) in [6.45, 7) is 6.33. The summed E-state index contributed by atoms with van der Waals surface area (Å²) in [5, 5.41) is 9.12. The molecule has 0 aliphatic heterocycles. The second-order valence-corrected chi connectivity index (χ2v) is 7.40. The largest absolute Gasteiger partial charge is 0.396 e. The highest BCUT2D eigenvalue weighted by molar-refractivity contribution is 7.89. The molecule has 0 saturated carbocycles. The molecule has 0 aliphatic carbocycles. The molecular weight excluding hydrogens is 262 g/mol. The zero-order valence-electron chi connectivity index (χ0n) is 11.8. The van der Waals surface area contributed by atoms with Gasteiger partial charge in [-0.1, -0.05) is 31.5 Å². The molecule has 0 bridgehead atoms. The zero-order chi connectivity index (χ0) is 14.5. The Hall–Kier alpha value is -0.910. The molecule has 0 amide bonds. The fraction of sp³-hybridized carbons (Fsp3) is 0.571. The Morgan fingerprint density at radius 2 is 1.79 bits per heavy atom. The number of benzene rings is 1. The predicted molar refractivity (Wildman–Crippen MR) is 76.5 cm³/mol. The van der Waals surface area contributed by atoms with Gasteiger partial charge < -0.3 is 5.11 Å². The van der Waals surface area contributed by atoms with Gasteiger partial charge in [0.1, 0.15) is 0 Å². The quantitative estimate of drug-likeness (QED) is 0.754. The van der Waals surface area contributed by atoms with E-state index in [0.717, 1.165) is 12.0 Å². The van der Waals surface area contributed by atoms with Crippen molar-refractivity contribution in [1.29, 1.82) is 0 Å². The summed E-state index contributed by atoms with van der Waals surface area (Å²) in [5.41, 5.74) is 0.874. The highest BCUT2D eigenvalue weighted by Gasteiger charge is 2.17. The van der Waals surface area contributed by atoms with Crippen molar-refractivity contribution >= 4 is 10.0 Å². The summed E-state index contributed by atoms with van der Waals surface area (Å²) >= 11 is 0. The normalized spacial score (nSPS) is 12.6. The Morgan fingerprint density at radius 1 is 1.21 bits per heavy atom. The molecule has 0 aliphatic rings. The molecular formula is C14H23NO3S. The predicted octanol–water partition coefficient (Wildman–Crippen LogP) is 2.07. The minimum atomic E-state index is -3.41. The Balaban J connectivity index is 2.50. The van der Waals surface area contributed by atoms with E-state index >= 15 is 0 Å². The number of aliphatic hydroxyl groups excluding tert-OH is 1. The summed E-state index contributed by atoms with van der Waals surface area (Å²) in [6.07, 6.45) is 1.48. The Labute approximate surface area is 115 Å². The maximum absolute atomic E-state index is 12.0. The van der Waals surface area contributed by atoms with Crippen LogP contribution in [0.3, 0.4) is 0 Å². The molecule has 0 atom stereocenters. The monoisotopic (exact) mass is 285 g/mol. The third-order valence-corrected chi connectivity index (χ3v) is 4.56. The van der Waals surface area contributed by atoms with Gasteiger partial charge in [-0.3, -0.25) is 0 Å². The van der Waals surface area contributed by atoms with Crippen LogP contribution < -0.4 is 4.72 Å². The Bertz CT molecular complexity index is 492. The molecule has 0 aromatic heterocycles. The SMILES string of the molecule is Cc1ccc(S(=O)(=O)NCCCC(C)(C)CO)cc1. The molecule has 0 fully saturated rings. The van der Waals surface area contributed by atoms with Crippen LogP contribution in [0.4, 0.5) is 0 Å². The van der Waals surface area contributed by atoms with Gasteiger partial charge in [-0.15, -0.1) is 0 Å². The van der Waals surface area contributed by atoms with Gasteiger partial charge in [0.05, 0.1) is 4.90 Å². The lowest BCUT2D eigenvalue weighted by Crippen LogP contribution is -2.26. The van der Waals surface area contributed by atoms with Gasteiger partial charge in [0.2, 0.25) is 10.0 Å². The number of aryl methyl sites for hydroxylation is 1. The zero-order valence-corrected chi connectivity index (χ0v) is 12.6. The first kappa shape index (κ1) is 16.1. The van der Waals surface area contributed by atoms with Crippen LogP contribution in [0, 0.1) is 12.3 Å². The van der Waals surface area contributed by atoms with E-state index in [1.807, 2.05) is 20.8 Å². The number of aliphatic hydroxyl groups is 1. The van der Waals surface area contributed by atoms with Gasteiger partial charge in [-0.2, -0.15) is 0 Å². The molecule has 5 heteroatoms. The number of nitrogens with one attached hydrogen (secondary N) is 1. The standard InChI is InChI=1S/C14H23NO3S/c1-12-5-7-13(8-6-12)19(17,18)15-10-4-9-14(2,3)11-16/h5-8,15-16H,4,9-11H2,1-3H3. The van der Waals surface area contributed by atoms with Crippen molar-refractivity contribution in [2.24, 2.45) is 5.41 Å². The molecule has 19 heavy (non-hydrogen) atoms. The van der Waals surface area contributed by atoms with Crippen LogP contribution >= 0.6 is 0 Å². The van der Waals surface area contributed by atoms with Crippen molar-refractivity contribution in [3.05, 3.63) is 29.8 Å². The fourth-order valence-electron chi connectivity index (χ4n) is 1.65. The summed E-state index contributed by atoms with van der Waals surface area (Å²) in [6, 6.07) is 6.78. The first-order valence-electron chi connectivity index (χ1n) is 6.44. The minimum absolute atomic E-state index is 0.109. The van der Waals surface area contributed by atoms with Crippen LogP contribution in [-0.2, 0) is 10.0 Å². The van der Waals surface area contributed by atoms with Gasteiger partial charge in [-0.05, 0) is 37.3 Å². The van der Waals surface area contributed by atoms with Gasteiger partial charge in [-0.25, -0.2) is 13.1 Å². The van der Waals surface area contributed by atoms with Gasteiger partial charge in [0.15, 0.2) is 0 Å². The summed E-state index contributed by atoms with van der Waals surface area (Å²) < 4.78 is 26.5. The van der Waals surface area contributed by atoms with Crippen molar-refractivity contribution in [2.75, 3.05) is 13.2 Å². The molecule has 1 aromatic carbocycles. The van der Waals surface area contributed by atoms with Gasteiger partial charge >= 0.3 is 0 Å². The van der Waals surface area contributed by atoms with Crippen LogP contribution in [0.15, 0.2) is 29.2 Å². The van der Waals surface area contributed by atoms with E-state index in [9.17, 15) is 8.42 Å². The first-order chi connectivity index (χ1) is 8.77. The third-order valence-electron chi connectivity index (χ3n) is 3.08. The minimum Gasteiger partial charge on any atom is -0.396 e. The van der Waals surface area contributed by atoms with Crippen molar-refractivity contribution in [3.63, 3.8) is 0 Å². The molecule has 0 saturated heterocycles. The lowest BCUT2D eigenvalue weighted by atomic mass is 9.89. The lowest BCUT2D eigenvalue weighted by Gasteiger charge is -2.21. The second kappa shape index (κ2) is 6.50. The molecule has 2 N–H and O–H groups in total. The summed E-state index contributed by atoms with van der Waals surface area (Å²) in [7, 11) is -3.41. The van der Waals surface area contributed by atoms with E-state index in [0.29, 0.717) is 17.9 Å². The maximum atomic E-state index is 12.0. The fourth-order valence-corrected chi connectivity index (χ4v) is 2.73. The molecule has 1 aromatic rings. The van der Waals surface area contributed by atoms with Crippen LogP contribution in [0.2, 0.25) is 0 Å². The van der Waals surface area contributed by atoms with Crippen molar-refractivity contribution in [1.82, 2.24) is 4.72 Å². The topological polar surface area (TPSA) is 66.4 Å². The lowest BCUT2D eigenvalue weighted by molar-refractivity contribution is 0.148. The van der Waals surface area contributed by atoms with Crippen molar-refractivity contribution in [3.8, 4) is 0 Å². The number of hydrogen-bond acceptors (Lipinski definition) is 3. The van der Waals surface area contributed by atoms with E-state index in [1.165, 1.54) is 0 Å². The van der Waals surface area contributed by atoms with Gasteiger partial charge in [0.25, 0.3) is 0 Å². The molecule has 1 rings (SSSR count). The maximum Gasteiger partial charge on any atom is 0.240 e. The van der Waals surface area contributed by atoms with E-state index in [1.54, 1.807) is 24.3 Å². The van der Waals surface area contributed by atoms with Crippen LogP contribution in [-0.4, -0.2) is 26.7 Å². The van der Waals surface area contributed by atoms with Crippen LogP contribution in [0.1, 0.15) is 32.3 Å². The highest BCUT2D eigenvalue weighted by Crippen LogP contribution is 2.20. The highest BCUT2D eigenvalue weighted by atomic mass is 32.2. The van der Waals surface area contributed by atoms with E-state index in [4.69, 9.17) is 5.11 Å². The number of rotatable bonds is 7. The van der Waals surface area contributed by atoms with Crippen molar-refractivity contribution < 1.29 is 13.5 Å². The Morgan fingerprint density at radius 3 is 2.32 bits per heavy atom. The number of sulfonamides is 1. The smallest absolute Gasteiger partial charge is 0.240 e. The van der Waals surface area contributed by atoms with E-state index < -0.39 is 10.0 Å². The molecule has 0 spiro atoms. The van der Waals surface area contributed by atoms with Crippen molar-refractivity contribution in [2.45, 2.75) is 38.5 Å². The average molecular weight is 285 g/mol. The molecule has 108 valence electrons. The number of hydrogen-bond donors (Lipinski definition) is 2. The molecule has 0 unspecified atom stereocenters. The first-order valence-corrected chi connectivity index (χ1v) is 7.92. The van der Waals surface area contributed by atoms with E-state index in [-0.39, 0.29) is 12.0 Å². The molecule has 0 heterocycles. The Kier molecular flexibility index (Phi) is 5.52. The van der Waals surface area contributed by atoms with Gasteiger partial charge in [0, 0.05) is 13.2 Å². The second-order valence-electron chi connectivity index (χ2n) is 5.64. The molecule has 4 nitrogen and oxygen atoms in total. The van der Waals surface area contributed by atoms with Crippen LogP contribution in [0.5, 0.6) is 0 Å². The summed E-state index contributed by atoms with van der Waals surface area (Å²) in [4.78, 5) is 0.291. The molecule has 0 radical (unpaired) electrons. The van der Waals surface area contributed by atoms with Crippen LogP contribution in [0.25, 0.3) is 0 Å². The summed E-state index contributed by atoms with van der Waals surface area (Å²) in [5.74, 6) is 0. The van der Waals surface area contributed by atoms with E-state index in [2.05, 4.69) is 4.72 Å². The third kappa shape index (κ3) is 5.30. The average Bonchev–Trinajstić information content (AvgIpc) is 2.35.